The van der Waals surface area contributed by atoms with E-state index in [0.717, 1.165) is 16.0 Å². The number of hydrogen-bond acceptors (Lipinski definition) is 2. The van der Waals surface area contributed by atoms with Crippen molar-refractivity contribution in [3.05, 3.63) is 22.4 Å². The average molecular weight is 229 g/mol. The van der Waals surface area contributed by atoms with E-state index in [1.807, 2.05) is 19.1 Å². The molecule has 1 N–H and O–H groups in total. The number of pyridine rings is 1. The van der Waals surface area contributed by atoms with Crippen molar-refractivity contribution in [1.29, 1.82) is 0 Å². The van der Waals surface area contributed by atoms with E-state index in [0.29, 0.717) is 6.04 Å². The highest BCUT2D eigenvalue weighted by Gasteiger charge is 2.00. The van der Waals surface area contributed by atoms with Crippen LogP contribution in [0.1, 0.15) is 19.5 Å². The molecule has 0 fully saturated rings. The molecule has 0 aromatic carbocycles. The lowest BCUT2D eigenvalue weighted by molar-refractivity contribution is 0.893. The molecule has 1 aromatic heterocycles. The lowest BCUT2D eigenvalue weighted by Gasteiger charge is -2.11. The lowest BCUT2D eigenvalue weighted by atomic mass is 10.3. The van der Waals surface area contributed by atoms with Crippen molar-refractivity contribution in [3.8, 4) is 0 Å². The normalized spacial score (nSPS) is 10.4. The van der Waals surface area contributed by atoms with Crippen LogP contribution in [-0.2, 0) is 0 Å². The fourth-order valence-electron chi connectivity index (χ4n) is 0.994. The Balaban J connectivity index is 2.86. The Labute approximate surface area is 81.5 Å². The molecule has 2 nitrogen and oxygen atoms in total. The first-order valence-electron chi connectivity index (χ1n) is 3.99. The van der Waals surface area contributed by atoms with Crippen LogP contribution in [-0.4, -0.2) is 11.0 Å². The van der Waals surface area contributed by atoms with Gasteiger partial charge in [-0.15, -0.1) is 0 Å². The molecule has 0 aliphatic rings. The SMILES string of the molecule is Cc1nc(Br)ccc1NC(C)C. The number of anilines is 1. The Hall–Kier alpha value is -0.570. The molecule has 12 heavy (non-hydrogen) atoms. The first-order chi connectivity index (χ1) is 5.59. The van der Waals surface area contributed by atoms with Crippen LogP contribution in [0.15, 0.2) is 16.7 Å². The standard InChI is InChI=1S/C9H13BrN2/c1-6(2)11-8-4-5-9(10)12-7(8)3/h4-6,11H,1-3H3. The Kier molecular flexibility index (Phi) is 3.09. The van der Waals surface area contributed by atoms with Crippen molar-refractivity contribution in [1.82, 2.24) is 4.98 Å². The zero-order valence-electron chi connectivity index (χ0n) is 7.56. The maximum absolute atomic E-state index is 4.28. The number of aryl methyl sites for hydroxylation is 1. The number of rotatable bonds is 2. The molecule has 0 spiro atoms. The Bertz CT molecular complexity index is 271. The molecule has 0 amide bonds. The van der Waals surface area contributed by atoms with Crippen molar-refractivity contribution in [2.75, 3.05) is 5.32 Å². The largest absolute Gasteiger partial charge is 0.381 e. The van der Waals surface area contributed by atoms with Gasteiger partial charge in [0, 0.05) is 6.04 Å². The highest BCUT2D eigenvalue weighted by molar-refractivity contribution is 9.10. The molecule has 0 atom stereocenters. The molecule has 0 unspecified atom stereocenters. The predicted octanol–water partition coefficient (Wildman–Crippen LogP) is 2.97. The number of aromatic nitrogens is 1. The molecule has 0 saturated heterocycles. The Morgan fingerprint density at radius 2 is 2.08 bits per heavy atom. The molecule has 66 valence electrons. The molecule has 0 aliphatic heterocycles. The van der Waals surface area contributed by atoms with Gasteiger partial charge in [-0.3, -0.25) is 0 Å². The first-order valence-corrected chi connectivity index (χ1v) is 4.78. The molecule has 3 heteroatoms. The average Bonchev–Trinajstić information content (AvgIpc) is 1.94. The summed E-state index contributed by atoms with van der Waals surface area (Å²) in [6, 6.07) is 4.43. The summed E-state index contributed by atoms with van der Waals surface area (Å²) in [5.74, 6) is 0. The topological polar surface area (TPSA) is 24.9 Å². The first kappa shape index (κ1) is 9.52. The molecule has 1 aromatic rings. The van der Waals surface area contributed by atoms with E-state index in [1.165, 1.54) is 0 Å². The second-order valence-corrected chi connectivity index (χ2v) is 3.88. The van der Waals surface area contributed by atoms with E-state index in [9.17, 15) is 0 Å². The molecule has 1 rings (SSSR count). The van der Waals surface area contributed by atoms with Gasteiger partial charge < -0.3 is 5.32 Å². The van der Waals surface area contributed by atoms with Gasteiger partial charge in [0.05, 0.1) is 11.4 Å². The van der Waals surface area contributed by atoms with E-state index in [4.69, 9.17) is 0 Å². The van der Waals surface area contributed by atoms with Crippen LogP contribution in [0.4, 0.5) is 5.69 Å². The minimum Gasteiger partial charge on any atom is -0.381 e. The van der Waals surface area contributed by atoms with Crippen molar-refractivity contribution >= 4 is 21.6 Å². The van der Waals surface area contributed by atoms with Crippen LogP contribution in [0, 0.1) is 6.92 Å². The van der Waals surface area contributed by atoms with Gasteiger partial charge in [-0.05, 0) is 48.8 Å². The van der Waals surface area contributed by atoms with Gasteiger partial charge in [0.1, 0.15) is 4.60 Å². The molecule has 0 radical (unpaired) electrons. The predicted molar refractivity (Wildman–Crippen MR) is 55.4 cm³/mol. The summed E-state index contributed by atoms with van der Waals surface area (Å²) in [4.78, 5) is 4.28. The zero-order chi connectivity index (χ0) is 9.14. The highest BCUT2D eigenvalue weighted by Crippen LogP contribution is 2.16. The third kappa shape index (κ3) is 2.48. The fourth-order valence-corrected chi connectivity index (χ4v) is 1.39. The molecule has 0 saturated carbocycles. The van der Waals surface area contributed by atoms with E-state index >= 15 is 0 Å². The van der Waals surface area contributed by atoms with Gasteiger partial charge in [0.15, 0.2) is 0 Å². The smallest absolute Gasteiger partial charge is 0.106 e. The third-order valence-electron chi connectivity index (χ3n) is 1.50. The van der Waals surface area contributed by atoms with Crippen molar-refractivity contribution in [3.63, 3.8) is 0 Å². The monoisotopic (exact) mass is 228 g/mol. The van der Waals surface area contributed by atoms with Gasteiger partial charge in [-0.2, -0.15) is 0 Å². The van der Waals surface area contributed by atoms with Crippen LogP contribution in [0.2, 0.25) is 0 Å². The van der Waals surface area contributed by atoms with E-state index < -0.39 is 0 Å². The highest BCUT2D eigenvalue weighted by atomic mass is 79.9. The van der Waals surface area contributed by atoms with E-state index in [1.54, 1.807) is 0 Å². The summed E-state index contributed by atoms with van der Waals surface area (Å²) >= 11 is 3.32. The maximum atomic E-state index is 4.28. The summed E-state index contributed by atoms with van der Waals surface area (Å²) in [6.45, 7) is 6.22. The number of nitrogens with one attached hydrogen (secondary N) is 1. The van der Waals surface area contributed by atoms with Crippen molar-refractivity contribution < 1.29 is 0 Å². The summed E-state index contributed by atoms with van der Waals surface area (Å²) < 4.78 is 0.884. The summed E-state index contributed by atoms with van der Waals surface area (Å²) in [7, 11) is 0. The Morgan fingerprint density at radius 1 is 1.42 bits per heavy atom. The Morgan fingerprint density at radius 3 is 2.58 bits per heavy atom. The van der Waals surface area contributed by atoms with Gasteiger partial charge in [0.2, 0.25) is 0 Å². The number of halogens is 1. The van der Waals surface area contributed by atoms with Gasteiger partial charge in [-0.1, -0.05) is 0 Å². The summed E-state index contributed by atoms with van der Waals surface area (Å²) in [6.07, 6.45) is 0. The van der Waals surface area contributed by atoms with Gasteiger partial charge >= 0.3 is 0 Å². The fraction of sp³-hybridized carbons (Fsp3) is 0.444. The minimum atomic E-state index is 0.451. The van der Waals surface area contributed by atoms with Crippen molar-refractivity contribution in [2.24, 2.45) is 0 Å². The molecule has 1 heterocycles. The van der Waals surface area contributed by atoms with Crippen molar-refractivity contribution in [2.45, 2.75) is 26.8 Å². The molecular formula is C9H13BrN2. The summed E-state index contributed by atoms with van der Waals surface area (Å²) in [5.41, 5.74) is 2.13. The molecule has 0 bridgehead atoms. The van der Waals surface area contributed by atoms with Crippen LogP contribution in [0.25, 0.3) is 0 Å². The lowest BCUT2D eigenvalue weighted by Crippen LogP contribution is -2.11. The van der Waals surface area contributed by atoms with Gasteiger partial charge in [-0.25, -0.2) is 4.98 Å². The van der Waals surface area contributed by atoms with Crippen LogP contribution < -0.4 is 5.32 Å². The minimum absolute atomic E-state index is 0.451. The van der Waals surface area contributed by atoms with Crippen LogP contribution in [0.3, 0.4) is 0 Å². The quantitative estimate of drug-likeness (QED) is 0.788. The molecular weight excluding hydrogens is 216 g/mol. The zero-order valence-corrected chi connectivity index (χ0v) is 9.14. The maximum Gasteiger partial charge on any atom is 0.106 e. The second kappa shape index (κ2) is 3.90. The number of hydrogen-bond donors (Lipinski definition) is 1. The van der Waals surface area contributed by atoms with Crippen LogP contribution in [0.5, 0.6) is 0 Å². The van der Waals surface area contributed by atoms with Gasteiger partial charge in [0.25, 0.3) is 0 Å². The second-order valence-electron chi connectivity index (χ2n) is 3.07. The summed E-state index contributed by atoms with van der Waals surface area (Å²) in [5, 5.41) is 3.32. The molecule has 0 aliphatic carbocycles. The van der Waals surface area contributed by atoms with E-state index in [-0.39, 0.29) is 0 Å². The third-order valence-corrected chi connectivity index (χ3v) is 1.94. The number of nitrogens with zero attached hydrogens (tertiary/aromatic N) is 1. The van der Waals surface area contributed by atoms with E-state index in [2.05, 4.69) is 40.1 Å². The van der Waals surface area contributed by atoms with Crippen LogP contribution >= 0.6 is 15.9 Å².